The second-order valence-electron chi connectivity index (χ2n) is 7.58. The maximum atomic E-state index is 12.4. The minimum atomic E-state index is -0.469. The van der Waals surface area contributed by atoms with Crippen molar-refractivity contribution in [3.8, 4) is 0 Å². The lowest BCUT2D eigenvalue weighted by atomic mass is 10.1. The van der Waals surface area contributed by atoms with Crippen molar-refractivity contribution in [1.29, 1.82) is 0 Å². The van der Waals surface area contributed by atoms with Gasteiger partial charge in [-0.05, 0) is 47.0 Å². The summed E-state index contributed by atoms with van der Waals surface area (Å²) in [6, 6.07) is 0.362. The Bertz CT molecular complexity index is 377. The van der Waals surface area contributed by atoms with Crippen LogP contribution < -0.4 is 5.32 Å². The molecule has 0 spiro atoms. The maximum Gasteiger partial charge on any atom is 0.410 e. The summed E-state index contributed by atoms with van der Waals surface area (Å²) in [4.78, 5) is 14.2. The van der Waals surface area contributed by atoms with Gasteiger partial charge in [0.2, 0.25) is 0 Å². The molecule has 2 aliphatic rings. The normalized spacial score (nSPS) is 27.0. The third-order valence-electron chi connectivity index (χ3n) is 4.20. The van der Waals surface area contributed by atoms with E-state index in [-0.39, 0.29) is 12.1 Å². The summed E-state index contributed by atoms with van der Waals surface area (Å²) in [5.41, 5.74) is -0.469. The summed E-state index contributed by atoms with van der Waals surface area (Å²) in [7, 11) is 0. The maximum absolute atomic E-state index is 12.4. The minimum Gasteiger partial charge on any atom is -0.444 e. The molecule has 3 atom stereocenters. The highest BCUT2D eigenvalue weighted by Crippen LogP contribution is 2.18. The molecule has 6 heteroatoms. The number of carbonyl (C=O) groups excluding carboxylic acids is 1. The molecule has 3 unspecified atom stereocenters. The van der Waals surface area contributed by atoms with Crippen molar-refractivity contribution >= 4 is 6.09 Å². The van der Waals surface area contributed by atoms with Crippen molar-refractivity contribution in [2.75, 3.05) is 32.9 Å². The lowest BCUT2D eigenvalue weighted by molar-refractivity contribution is -0.0358. The van der Waals surface area contributed by atoms with Gasteiger partial charge in [-0.2, -0.15) is 0 Å². The number of rotatable bonds is 5. The van der Waals surface area contributed by atoms with E-state index in [1.165, 1.54) is 0 Å². The number of hydrogen-bond acceptors (Lipinski definition) is 5. The molecule has 134 valence electrons. The molecule has 0 saturated carbocycles. The molecule has 2 rings (SSSR count). The van der Waals surface area contributed by atoms with Crippen molar-refractivity contribution in [3.05, 3.63) is 0 Å². The zero-order chi connectivity index (χ0) is 16.9. The van der Waals surface area contributed by atoms with Gasteiger partial charge in [-0.25, -0.2) is 4.79 Å². The predicted octanol–water partition coefficient (Wildman–Crippen LogP) is 2.17. The monoisotopic (exact) mass is 328 g/mol. The fourth-order valence-corrected chi connectivity index (χ4v) is 3.04. The highest BCUT2D eigenvalue weighted by atomic mass is 16.6. The lowest BCUT2D eigenvalue weighted by Crippen LogP contribution is -2.52. The smallest absolute Gasteiger partial charge is 0.410 e. The van der Waals surface area contributed by atoms with Crippen LogP contribution in [-0.4, -0.2) is 67.7 Å². The molecule has 2 heterocycles. The van der Waals surface area contributed by atoms with Gasteiger partial charge in [0.15, 0.2) is 0 Å². The third-order valence-corrected chi connectivity index (χ3v) is 4.20. The van der Waals surface area contributed by atoms with Crippen LogP contribution in [-0.2, 0) is 14.2 Å². The molecule has 0 radical (unpaired) electrons. The molecule has 23 heavy (non-hydrogen) atoms. The fourth-order valence-electron chi connectivity index (χ4n) is 3.04. The van der Waals surface area contributed by atoms with Crippen LogP contribution in [0.25, 0.3) is 0 Å². The fraction of sp³-hybridized carbons (Fsp3) is 0.941. The Balaban J connectivity index is 1.81. The van der Waals surface area contributed by atoms with Crippen LogP contribution in [0.15, 0.2) is 0 Å². The number of carbonyl (C=O) groups is 1. The van der Waals surface area contributed by atoms with Crippen molar-refractivity contribution in [2.45, 2.75) is 70.7 Å². The van der Waals surface area contributed by atoms with Crippen molar-refractivity contribution in [2.24, 2.45) is 0 Å². The molecule has 0 aromatic rings. The van der Waals surface area contributed by atoms with E-state index in [1.54, 1.807) is 0 Å². The Kier molecular flexibility index (Phi) is 6.68. The summed E-state index contributed by atoms with van der Waals surface area (Å²) >= 11 is 0. The lowest BCUT2D eigenvalue weighted by Gasteiger charge is -2.37. The highest BCUT2D eigenvalue weighted by molar-refractivity contribution is 5.68. The van der Waals surface area contributed by atoms with Gasteiger partial charge in [-0.3, -0.25) is 0 Å². The van der Waals surface area contributed by atoms with Gasteiger partial charge in [0.1, 0.15) is 5.60 Å². The quantitative estimate of drug-likeness (QED) is 0.838. The van der Waals surface area contributed by atoms with Gasteiger partial charge in [0.25, 0.3) is 0 Å². The summed E-state index contributed by atoms with van der Waals surface area (Å²) in [6.07, 6.45) is 3.24. The largest absolute Gasteiger partial charge is 0.444 e. The van der Waals surface area contributed by atoms with Crippen molar-refractivity contribution in [3.63, 3.8) is 0 Å². The average molecular weight is 328 g/mol. The topological polar surface area (TPSA) is 60.0 Å². The summed E-state index contributed by atoms with van der Waals surface area (Å²) in [5.74, 6) is 0. The molecule has 0 aromatic carbocycles. The third kappa shape index (κ3) is 6.28. The van der Waals surface area contributed by atoms with Gasteiger partial charge in [-0.15, -0.1) is 0 Å². The van der Waals surface area contributed by atoms with E-state index < -0.39 is 5.60 Å². The Morgan fingerprint density at radius 3 is 2.83 bits per heavy atom. The summed E-state index contributed by atoms with van der Waals surface area (Å²) in [6.45, 7) is 11.3. The Labute approximate surface area is 139 Å². The SMILES string of the molecule is CC(CC1COCCN1C(=O)OC(C)(C)C)NCC1CCCO1. The number of nitrogens with one attached hydrogen (secondary N) is 1. The first kappa shape index (κ1) is 18.5. The number of hydrogen-bond donors (Lipinski definition) is 1. The first-order valence-corrected chi connectivity index (χ1v) is 8.77. The van der Waals surface area contributed by atoms with E-state index in [0.29, 0.717) is 31.9 Å². The van der Waals surface area contributed by atoms with Crippen molar-refractivity contribution < 1.29 is 19.0 Å². The average Bonchev–Trinajstić information content (AvgIpc) is 2.97. The van der Waals surface area contributed by atoms with Gasteiger partial charge >= 0.3 is 6.09 Å². The van der Waals surface area contributed by atoms with E-state index in [4.69, 9.17) is 14.2 Å². The molecule has 2 saturated heterocycles. The van der Waals surface area contributed by atoms with Gasteiger partial charge in [0, 0.05) is 25.7 Å². The molecule has 1 amide bonds. The molecule has 6 nitrogen and oxygen atoms in total. The molecule has 2 aliphatic heterocycles. The standard InChI is InChI=1S/C17H32N2O4/c1-13(18-11-15-6-5-8-22-15)10-14-12-21-9-7-19(14)16(20)23-17(2,3)4/h13-15,18H,5-12H2,1-4H3. The highest BCUT2D eigenvalue weighted by Gasteiger charge is 2.32. The van der Waals surface area contributed by atoms with Crippen LogP contribution in [0.2, 0.25) is 0 Å². The molecule has 0 aromatic heterocycles. The summed E-state index contributed by atoms with van der Waals surface area (Å²) in [5, 5.41) is 3.52. The van der Waals surface area contributed by atoms with E-state index in [9.17, 15) is 4.79 Å². The van der Waals surface area contributed by atoms with Gasteiger partial charge in [-0.1, -0.05) is 0 Å². The van der Waals surface area contributed by atoms with Crippen LogP contribution >= 0.6 is 0 Å². The first-order chi connectivity index (χ1) is 10.8. The molecular weight excluding hydrogens is 296 g/mol. The van der Waals surface area contributed by atoms with Crippen LogP contribution in [0.4, 0.5) is 4.79 Å². The Morgan fingerprint density at radius 1 is 1.39 bits per heavy atom. The first-order valence-electron chi connectivity index (χ1n) is 8.77. The van der Waals surface area contributed by atoms with Gasteiger partial charge < -0.3 is 24.4 Å². The van der Waals surface area contributed by atoms with Gasteiger partial charge in [0.05, 0.1) is 25.4 Å². The number of ether oxygens (including phenoxy) is 3. The van der Waals surface area contributed by atoms with Crippen LogP contribution in [0, 0.1) is 0 Å². The molecule has 0 bridgehead atoms. The molecule has 0 aliphatic carbocycles. The summed E-state index contributed by atoms with van der Waals surface area (Å²) < 4.78 is 16.7. The van der Waals surface area contributed by atoms with Crippen LogP contribution in [0.5, 0.6) is 0 Å². The second-order valence-corrected chi connectivity index (χ2v) is 7.58. The Hall–Kier alpha value is -0.850. The number of morpholine rings is 1. The molecule has 1 N–H and O–H groups in total. The van der Waals surface area contributed by atoms with E-state index >= 15 is 0 Å². The minimum absolute atomic E-state index is 0.0607. The van der Waals surface area contributed by atoms with Crippen LogP contribution in [0.3, 0.4) is 0 Å². The molecule has 2 fully saturated rings. The molecular formula is C17H32N2O4. The zero-order valence-electron chi connectivity index (χ0n) is 15.0. The van der Waals surface area contributed by atoms with Crippen LogP contribution in [0.1, 0.15) is 47.0 Å². The van der Waals surface area contributed by atoms with E-state index in [0.717, 1.165) is 32.4 Å². The predicted molar refractivity (Wildman–Crippen MR) is 88.6 cm³/mol. The zero-order valence-corrected chi connectivity index (χ0v) is 15.0. The number of nitrogens with zero attached hydrogens (tertiary/aromatic N) is 1. The number of amides is 1. The van der Waals surface area contributed by atoms with E-state index in [2.05, 4.69) is 12.2 Å². The van der Waals surface area contributed by atoms with E-state index in [1.807, 2.05) is 25.7 Å². The Morgan fingerprint density at radius 2 is 2.17 bits per heavy atom. The van der Waals surface area contributed by atoms with Crippen molar-refractivity contribution in [1.82, 2.24) is 10.2 Å². The second kappa shape index (κ2) is 8.31.